The SMILES string of the molecule is Cc1nn(C2CCCCC2)c2sc(C(=O)NCc3ccc(N4CCN(O)C4)nc3)cc12. The Morgan fingerprint density at radius 2 is 2.10 bits per heavy atom. The number of thiophene rings is 1. The molecule has 8 nitrogen and oxygen atoms in total. The Labute approximate surface area is 185 Å². The molecular weight excluding hydrogens is 412 g/mol. The Morgan fingerprint density at radius 1 is 1.26 bits per heavy atom. The molecule has 3 aromatic heterocycles. The highest BCUT2D eigenvalue weighted by atomic mass is 32.1. The monoisotopic (exact) mass is 440 g/mol. The first kappa shape index (κ1) is 20.4. The lowest BCUT2D eigenvalue weighted by atomic mass is 9.96. The molecular formula is C22H28N6O2S. The molecule has 31 heavy (non-hydrogen) atoms. The standard InChI is InChI=1S/C22H28N6O2S/c1-15-18-11-19(31-22(18)28(25-15)17-5-3-2-4-6-17)21(29)24-13-16-7-8-20(23-12-16)26-9-10-27(30)14-26/h7-8,11-12,17,30H,2-6,9-10,13-14H2,1H3,(H,24,29). The van der Waals surface area contributed by atoms with Crippen LogP contribution in [0.2, 0.25) is 0 Å². The van der Waals surface area contributed by atoms with E-state index in [1.807, 2.05) is 30.0 Å². The van der Waals surface area contributed by atoms with Crippen LogP contribution in [0.1, 0.15) is 59.1 Å². The van der Waals surface area contributed by atoms with E-state index >= 15 is 0 Å². The topological polar surface area (TPSA) is 86.5 Å². The first-order valence-electron chi connectivity index (χ1n) is 11.0. The number of nitrogens with zero attached hydrogens (tertiary/aromatic N) is 5. The molecule has 0 radical (unpaired) electrons. The molecule has 1 saturated carbocycles. The molecule has 1 amide bonds. The van der Waals surface area contributed by atoms with Crippen LogP contribution in [0.5, 0.6) is 0 Å². The summed E-state index contributed by atoms with van der Waals surface area (Å²) < 4.78 is 2.17. The number of fused-ring (bicyclic) bond motifs is 1. The minimum Gasteiger partial charge on any atom is -0.347 e. The molecule has 1 aliphatic carbocycles. The summed E-state index contributed by atoms with van der Waals surface area (Å²) in [7, 11) is 0. The zero-order chi connectivity index (χ0) is 21.4. The van der Waals surface area contributed by atoms with Crippen molar-refractivity contribution in [2.75, 3.05) is 24.7 Å². The molecule has 0 aromatic carbocycles. The van der Waals surface area contributed by atoms with Gasteiger partial charge < -0.3 is 15.4 Å². The van der Waals surface area contributed by atoms with Gasteiger partial charge in [-0.15, -0.1) is 11.3 Å². The summed E-state index contributed by atoms with van der Waals surface area (Å²) >= 11 is 1.54. The summed E-state index contributed by atoms with van der Waals surface area (Å²) in [5, 5.41) is 19.7. The second-order valence-corrected chi connectivity index (χ2v) is 9.52. The molecule has 0 atom stereocenters. The van der Waals surface area contributed by atoms with Gasteiger partial charge in [-0.3, -0.25) is 9.48 Å². The van der Waals surface area contributed by atoms with E-state index in [1.54, 1.807) is 6.20 Å². The Balaban J connectivity index is 1.25. The van der Waals surface area contributed by atoms with Crippen molar-refractivity contribution in [1.82, 2.24) is 25.1 Å². The van der Waals surface area contributed by atoms with Crippen molar-refractivity contribution in [3.63, 3.8) is 0 Å². The molecule has 0 unspecified atom stereocenters. The number of nitrogens with one attached hydrogen (secondary N) is 1. The van der Waals surface area contributed by atoms with Crippen molar-refractivity contribution < 1.29 is 10.0 Å². The number of carbonyl (C=O) groups is 1. The quantitative estimate of drug-likeness (QED) is 0.629. The number of aromatic nitrogens is 3. The van der Waals surface area contributed by atoms with Gasteiger partial charge in [0.2, 0.25) is 0 Å². The molecule has 0 spiro atoms. The number of rotatable bonds is 5. The number of anilines is 1. The van der Waals surface area contributed by atoms with E-state index in [2.05, 4.69) is 15.0 Å². The summed E-state index contributed by atoms with van der Waals surface area (Å²) in [5.74, 6) is 0.772. The third-order valence-corrected chi connectivity index (χ3v) is 7.38. The van der Waals surface area contributed by atoms with Gasteiger partial charge in [0.1, 0.15) is 10.6 Å². The van der Waals surface area contributed by atoms with E-state index in [1.165, 1.54) is 48.5 Å². The first-order valence-corrected chi connectivity index (χ1v) is 11.8. The maximum absolute atomic E-state index is 12.8. The van der Waals surface area contributed by atoms with Gasteiger partial charge in [0.15, 0.2) is 0 Å². The van der Waals surface area contributed by atoms with E-state index in [-0.39, 0.29) is 5.91 Å². The molecule has 164 valence electrons. The van der Waals surface area contributed by atoms with Gasteiger partial charge in [0.25, 0.3) is 5.91 Å². The number of amides is 1. The highest BCUT2D eigenvalue weighted by Gasteiger charge is 2.23. The second kappa shape index (κ2) is 8.57. The summed E-state index contributed by atoms with van der Waals surface area (Å²) in [6.07, 6.45) is 7.95. The van der Waals surface area contributed by atoms with Gasteiger partial charge in [-0.2, -0.15) is 10.2 Å². The zero-order valence-electron chi connectivity index (χ0n) is 17.8. The average Bonchev–Trinajstić information content (AvgIpc) is 3.50. The third kappa shape index (κ3) is 4.17. The zero-order valence-corrected chi connectivity index (χ0v) is 18.6. The van der Waals surface area contributed by atoms with E-state index in [0.29, 0.717) is 25.8 Å². The fraction of sp³-hybridized carbons (Fsp3) is 0.500. The molecule has 1 saturated heterocycles. The number of aryl methyl sites for hydroxylation is 1. The molecule has 2 N–H and O–H groups in total. The van der Waals surface area contributed by atoms with E-state index in [9.17, 15) is 10.0 Å². The van der Waals surface area contributed by atoms with Crippen molar-refractivity contribution >= 4 is 33.3 Å². The summed E-state index contributed by atoms with van der Waals surface area (Å²) in [5.41, 5.74) is 1.95. The predicted molar refractivity (Wildman–Crippen MR) is 121 cm³/mol. The van der Waals surface area contributed by atoms with Crippen molar-refractivity contribution in [3.8, 4) is 0 Å². The van der Waals surface area contributed by atoms with Crippen LogP contribution >= 0.6 is 11.3 Å². The highest BCUT2D eigenvalue weighted by molar-refractivity contribution is 7.20. The fourth-order valence-electron chi connectivity index (χ4n) is 4.50. The molecule has 2 aliphatic rings. The largest absolute Gasteiger partial charge is 0.347 e. The Hall–Kier alpha value is -2.49. The third-order valence-electron chi connectivity index (χ3n) is 6.26. The molecule has 4 heterocycles. The van der Waals surface area contributed by atoms with Crippen LogP contribution < -0.4 is 10.2 Å². The van der Waals surface area contributed by atoms with Crippen molar-refractivity contribution in [2.45, 2.75) is 51.6 Å². The normalized spacial score (nSPS) is 18.2. The second-order valence-electron chi connectivity index (χ2n) is 8.49. The van der Waals surface area contributed by atoms with Crippen molar-refractivity contribution in [1.29, 1.82) is 0 Å². The van der Waals surface area contributed by atoms with Crippen LogP contribution in [0.25, 0.3) is 10.2 Å². The van der Waals surface area contributed by atoms with Crippen LogP contribution in [-0.2, 0) is 6.54 Å². The Kier molecular flexibility index (Phi) is 5.64. The molecule has 1 aliphatic heterocycles. The summed E-state index contributed by atoms with van der Waals surface area (Å²) in [4.78, 5) is 21.1. The predicted octanol–water partition coefficient (Wildman–Crippen LogP) is 3.71. The molecule has 3 aromatic rings. The van der Waals surface area contributed by atoms with Gasteiger partial charge in [-0.25, -0.2) is 4.98 Å². The number of hydroxylamine groups is 2. The number of pyridine rings is 1. The van der Waals surface area contributed by atoms with Crippen LogP contribution in [0.15, 0.2) is 24.4 Å². The highest BCUT2D eigenvalue weighted by Crippen LogP contribution is 2.35. The van der Waals surface area contributed by atoms with E-state index < -0.39 is 0 Å². The van der Waals surface area contributed by atoms with Gasteiger partial charge in [-0.05, 0) is 37.5 Å². The van der Waals surface area contributed by atoms with Crippen LogP contribution in [0.3, 0.4) is 0 Å². The first-order chi connectivity index (χ1) is 15.1. The maximum Gasteiger partial charge on any atom is 0.261 e. The van der Waals surface area contributed by atoms with E-state index in [0.717, 1.165) is 38.7 Å². The number of hydrogen-bond acceptors (Lipinski definition) is 7. The molecule has 0 bridgehead atoms. The minimum absolute atomic E-state index is 0.0599. The lowest BCUT2D eigenvalue weighted by Crippen LogP contribution is -2.24. The lowest BCUT2D eigenvalue weighted by Gasteiger charge is -2.22. The van der Waals surface area contributed by atoms with Gasteiger partial charge >= 0.3 is 0 Å². The fourth-order valence-corrected chi connectivity index (χ4v) is 5.65. The molecule has 2 fully saturated rings. The molecule has 5 rings (SSSR count). The van der Waals surface area contributed by atoms with E-state index in [4.69, 9.17) is 5.10 Å². The molecule has 9 heteroatoms. The lowest BCUT2D eigenvalue weighted by molar-refractivity contribution is -0.0666. The Bertz CT molecular complexity index is 1070. The Morgan fingerprint density at radius 3 is 2.81 bits per heavy atom. The minimum atomic E-state index is -0.0599. The van der Waals surface area contributed by atoms with Crippen LogP contribution in [0.4, 0.5) is 5.82 Å². The van der Waals surface area contributed by atoms with Gasteiger partial charge in [0, 0.05) is 31.2 Å². The smallest absolute Gasteiger partial charge is 0.261 e. The van der Waals surface area contributed by atoms with Crippen molar-refractivity contribution in [3.05, 3.63) is 40.5 Å². The van der Waals surface area contributed by atoms with Gasteiger partial charge in [0.05, 0.1) is 23.3 Å². The maximum atomic E-state index is 12.8. The average molecular weight is 441 g/mol. The summed E-state index contributed by atoms with van der Waals surface area (Å²) in [6, 6.07) is 6.34. The summed E-state index contributed by atoms with van der Waals surface area (Å²) in [6.45, 7) is 4.29. The van der Waals surface area contributed by atoms with Crippen LogP contribution in [0, 0.1) is 6.92 Å². The van der Waals surface area contributed by atoms with Crippen molar-refractivity contribution in [2.24, 2.45) is 0 Å². The number of carbonyl (C=O) groups excluding carboxylic acids is 1. The van der Waals surface area contributed by atoms with Gasteiger partial charge in [-0.1, -0.05) is 25.3 Å². The number of hydrogen-bond donors (Lipinski definition) is 2. The van der Waals surface area contributed by atoms with Crippen LogP contribution in [-0.4, -0.2) is 50.7 Å².